The normalized spacial score (nSPS) is 10.2. The van der Waals surface area contributed by atoms with Crippen LogP contribution in [0.5, 0.6) is 0 Å². The van der Waals surface area contributed by atoms with E-state index in [2.05, 4.69) is 10.1 Å². The largest absolute Gasteiger partial charge is 0.477 e. The molecule has 0 aliphatic rings. The molecule has 0 aromatic carbocycles. The van der Waals surface area contributed by atoms with Gasteiger partial charge in [-0.2, -0.15) is 5.10 Å². The van der Waals surface area contributed by atoms with E-state index in [9.17, 15) is 9.59 Å². The third-order valence-electron chi connectivity index (χ3n) is 2.24. The molecular weight excluding hydrogens is 236 g/mol. The van der Waals surface area contributed by atoms with Gasteiger partial charge < -0.3 is 10.8 Å². The average Bonchev–Trinajstić information content (AvgIpc) is 2.78. The number of rotatable bonds is 4. The van der Waals surface area contributed by atoms with Crippen LogP contribution >= 0.6 is 0 Å². The number of nitrogens with zero attached hydrogens (tertiary/aromatic N) is 3. The summed E-state index contributed by atoms with van der Waals surface area (Å²) in [7, 11) is 0. The number of amides is 1. The van der Waals surface area contributed by atoms with Crippen molar-refractivity contribution in [2.75, 3.05) is 0 Å². The Kier molecular flexibility index (Phi) is 3.05. The van der Waals surface area contributed by atoms with Crippen LogP contribution in [0.25, 0.3) is 0 Å². The van der Waals surface area contributed by atoms with E-state index in [0.717, 1.165) is 0 Å². The standard InChI is InChI=1S/C11H10N4O3/c12-10(16)8-4-5-15(14-8)6-7-2-1-3-9(13-7)11(17)18/h1-5H,6H2,(H2,12,16)(H,17,18). The van der Waals surface area contributed by atoms with Crippen LogP contribution < -0.4 is 5.73 Å². The van der Waals surface area contributed by atoms with Gasteiger partial charge in [0.1, 0.15) is 11.4 Å². The molecule has 7 nitrogen and oxygen atoms in total. The van der Waals surface area contributed by atoms with Crippen molar-refractivity contribution >= 4 is 11.9 Å². The maximum atomic E-state index is 10.9. The minimum atomic E-state index is -1.09. The van der Waals surface area contributed by atoms with Crippen molar-refractivity contribution in [2.24, 2.45) is 5.73 Å². The highest BCUT2D eigenvalue weighted by molar-refractivity contribution is 5.90. The van der Waals surface area contributed by atoms with Crippen molar-refractivity contribution in [3.63, 3.8) is 0 Å². The molecule has 0 saturated carbocycles. The fourth-order valence-corrected chi connectivity index (χ4v) is 1.43. The van der Waals surface area contributed by atoms with Crippen LogP contribution in [-0.2, 0) is 6.54 Å². The molecule has 2 heterocycles. The van der Waals surface area contributed by atoms with Crippen LogP contribution in [0.3, 0.4) is 0 Å². The molecule has 92 valence electrons. The first-order valence-corrected chi connectivity index (χ1v) is 5.09. The van der Waals surface area contributed by atoms with E-state index in [1.807, 2.05) is 0 Å². The van der Waals surface area contributed by atoms with E-state index in [1.54, 1.807) is 18.3 Å². The number of aromatic nitrogens is 3. The van der Waals surface area contributed by atoms with E-state index in [1.165, 1.54) is 16.8 Å². The van der Waals surface area contributed by atoms with E-state index in [-0.39, 0.29) is 17.9 Å². The van der Waals surface area contributed by atoms with Gasteiger partial charge in [-0.25, -0.2) is 9.78 Å². The molecule has 7 heteroatoms. The van der Waals surface area contributed by atoms with Crippen molar-refractivity contribution in [3.8, 4) is 0 Å². The lowest BCUT2D eigenvalue weighted by atomic mass is 10.3. The van der Waals surface area contributed by atoms with Crippen molar-refractivity contribution in [3.05, 3.63) is 47.5 Å². The number of carbonyl (C=O) groups is 2. The highest BCUT2D eigenvalue weighted by atomic mass is 16.4. The lowest BCUT2D eigenvalue weighted by molar-refractivity contribution is 0.0690. The highest BCUT2D eigenvalue weighted by Gasteiger charge is 2.08. The summed E-state index contributed by atoms with van der Waals surface area (Å²) < 4.78 is 1.47. The second-order valence-corrected chi connectivity index (χ2v) is 3.58. The fraction of sp³-hybridized carbons (Fsp3) is 0.0909. The summed E-state index contributed by atoms with van der Waals surface area (Å²) in [6.45, 7) is 0.272. The lowest BCUT2D eigenvalue weighted by Crippen LogP contribution is -2.13. The summed E-state index contributed by atoms with van der Waals surface area (Å²) in [5, 5.41) is 12.7. The molecule has 0 bridgehead atoms. The molecule has 0 fully saturated rings. The first kappa shape index (κ1) is 11.8. The Labute approximate surface area is 102 Å². The molecule has 0 unspecified atom stereocenters. The maximum absolute atomic E-state index is 10.9. The minimum Gasteiger partial charge on any atom is -0.477 e. The van der Waals surface area contributed by atoms with Crippen LogP contribution in [0.1, 0.15) is 26.7 Å². The van der Waals surface area contributed by atoms with E-state index in [4.69, 9.17) is 10.8 Å². The molecule has 3 N–H and O–H groups in total. The Morgan fingerprint density at radius 3 is 2.67 bits per heavy atom. The van der Waals surface area contributed by atoms with E-state index < -0.39 is 11.9 Å². The van der Waals surface area contributed by atoms with Crippen molar-refractivity contribution < 1.29 is 14.7 Å². The summed E-state index contributed by atoms with van der Waals surface area (Å²) >= 11 is 0. The molecule has 2 aromatic rings. The first-order valence-electron chi connectivity index (χ1n) is 5.09. The van der Waals surface area contributed by atoms with Gasteiger partial charge in [0.25, 0.3) is 5.91 Å². The molecule has 2 aromatic heterocycles. The summed E-state index contributed by atoms with van der Waals surface area (Å²) in [6.07, 6.45) is 1.58. The van der Waals surface area contributed by atoms with Gasteiger partial charge in [-0.05, 0) is 18.2 Å². The SMILES string of the molecule is NC(=O)c1ccn(Cc2cccc(C(=O)O)n2)n1. The third-order valence-corrected chi connectivity index (χ3v) is 2.24. The van der Waals surface area contributed by atoms with Crippen LogP contribution in [0, 0.1) is 0 Å². The summed E-state index contributed by atoms with van der Waals surface area (Å²) in [5.74, 6) is -1.70. The third kappa shape index (κ3) is 2.51. The fourth-order valence-electron chi connectivity index (χ4n) is 1.43. The predicted molar refractivity (Wildman–Crippen MR) is 61.0 cm³/mol. The van der Waals surface area contributed by atoms with Gasteiger partial charge in [-0.1, -0.05) is 6.07 Å². The van der Waals surface area contributed by atoms with E-state index in [0.29, 0.717) is 5.69 Å². The van der Waals surface area contributed by atoms with Gasteiger partial charge in [-0.3, -0.25) is 9.48 Å². The topological polar surface area (TPSA) is 111 Å². The second-order valence-electron chi connectivity index (χ2n) is 3.58. The number of pyridine rings is 1. The number of carboxylic acids is 1. The van der Waals surface area contributed by atoms with Gasteiger partial charge in [0.15, 0.2) is 0 Å². The number of aromatic carboxylic acids is 1. The predicted octanol–water partition coefficient (Wildman–Crippen LogP) is 0.123. The van der Waals surface area contributed by atoms with Crippen LogP contribution in [-0.4, -0.2) is 31.7 Å². The molecule has 2 rings (SSSR count). The molecule has 0 radical (unpaired) electrons. The molecule has 0 atom stereocenters. The van der Waals surface area contributed by atoms with E-state index >= 15 is 0 Å². The summed E-state index contributed by atoms with van der Waals surface area (Å²) in [4.78, 5) is 25.6. The first-order chi connectivity index (χ1) is 8.56. The zero-order valence-corrected chi connectivity index (χ0v) is 9.28. The second kappa shape index (κ2) is 4.66. The Morgan fingerprint density at radius 1 is 1.28 bits per heavy atom. The monoisotopic (exact) mass is 246 g/mol. The molecule has 0 saturated heterocycles. The number of hydrogen-bond acceptors (Lipinski definition) is 4. The molecule has 1 amide bonds. The van der Waals surface area contributed by atoms with Gasteiger partial charge in [0, 0.05) is 6.20 Å². The Morgan fingerprint density at radius 2 is 2.06 bits per heavy atom. The number of carbonyl (C=O) groups excluding carboxylic acids is 1. The highest BCUT2D eigenvalue weighted by Crippen LogP contribution is 2.03. The van der Waals surface area contributed by atoms with Gasteiger partial charge >= 0.3 is 5.97 Å². The van der Waals surface area contributed by atoms with Gasteiger partial charge in [0.05, 0.1) is 12.2 Å². The zero-order valence-electron chi connectivity index (χ0n) is 9.28. The molecule has 0 aliphatic heterocycles. The number of nitrogens with two attached hydrogens (primary N) is 1. The van der Waals surface area contributed by atoms with Gasteiger partial charge in [0.2, 0.25) is 0 Å². The molecule has 0 aliphatic carbocycles. The van der Waals surface area contributed by atoms with Crippen LogP contribution in [0.2, 0.25) is 0 Å². The summed E-state index contributed by atoms with van der Waals surface area (Å²) in [6, 6.07) is 6.18. The number of carboxylic acid groups (broad SMARTS) is 1. The molecule has 0 spiro atoms. The Balaban J connectivity index is 2.20. The molecule has 18 heavy (non-hydrogen) atoms. The van der Waals surface area contributed by atoms with Gasteiger partial charge in [-0.15, -0.1) is 0 Å². The lowest BCUT2D eigenvalue weighted by Gasteiger charge is -2.02. The van der Waals surface area contributed by atoms with Crippen LogP contribution in [0.15, 0.2) is 30.5 Å². The number of hydrogen-bond donors (Lipinski definition) is 2. The zero-order chi connectivity index (χ0) is 13.1. The maximum Gasteiger partial charge on any atom is 0.354 e. The summed E-state index contributed by atoms with van der Waals surface area (Å²) in [5.41, 5.74) is 5.74. The van der Waals surface area contributed by atoms with Crippen LogP contribution in [0.4, 0.5) is 0 Å². The Hall–Kier alpha value is -2.70. The van der Waals surface area contributed by atoms with Crippen molar-refractivity contribution in [1.29, 1.82) is 0 Å². The average molecular weight is 246 g/mol. The number of primary amides is 1. The minimum absolute atomic E-state index is 0.0326. The van der Waals surface area contributed by atoms with Crippen molar-refractivity contribution in [2.45, 2.75) is 6.54 Å². The smallest absolute Gasteiger partial charge is 0.354 e. The molecular formula is C11H10N4O3. The quantitative estimate of drug-likeness (QED) is 0.796. The Bertz CT molecular complexity index is 606. The van der Waals surface area contributed by atoms with Crippen molar-refractivity contribution in [1.82, 2.24) is 14.8 Å².